The molecule has 114 valence electrons. The maximum absolute atomic E-state index is 6.48. The molecule has 2 unspecified atom stereocenters. The molecule has 1 aromatic heterocycles. The lowest BCUT2D eigenvalue weighted by molar-refractivity contribution is 0.193. The van der Waals surface area contributed by atoms with E-state index >= 15 is 0 Å². The lowest BCUT2D eigenvalue weighted by atomic mass is 10.0. The fourth-order valence-electron chi connectivity index (χ4n) is 2.96. The van der Waals surface area contributed by atoms with Gasteiger partial charge < -0.3 is 15.5 Å². The van der Waals surface area contributed by atoms with E-state index in [1.807, 2.05) is 4.68 Å². The van der Waals surface area contributed by atoms with Crippen LogP contribution >= 0.6 is 0 Å². The molecule has 1 aliphatic heterocycles. The molecule has 2 heterocycles. The van der Waals surface area contributed by atoms with Crippen LogP contribution < -0.4 is 5.73 Å². The van der Waals surface area contributed by atoms with Crippen molar-refractivity contribution in [3.63, 3.8) is 0 Å². The number of nitrogens with two attached hydrogens (primary N) is 1. The molecule has 1 aliphatic rings. The van der Waals surface area contributed by atoms with Crippen molar-refractivity contribution in [1.29, 1.82) is 0 Å². The van der Waals surface area contributed by atoms with Crippen molar-refractivity contribution in [3.8, 4) is 0 Å². The molecule has 6 nitrogen and oxygen atoms in total. The van der Waals surface area contributed by atoms with Crippen LogP contribution in [0.2, 0.25) is 0 Å². The van der Waals surface area contributed by atoms with Crippen LogP contribution in [0.1, 0.15) is 25.6 Å². The summed E-state index contributed by atoms with van der Waals surface area (Å²) in [5.74, 6) is 1.01. The van der Waals surface area contributed by atoms with Gasteiger partial charge >= 0.3 is 0 Å². The van der Waals surface area contributed by atoms with Crippen LogP contribution in [-0.4, -0.2) is 70.4 Å². The van der Waals surface area contributed by atoms with Crippen LogP contribution in [0.15, 0.2) is 6.33 Å². The van der Waals surface area contributed by atoms with E-state index < -0.39 is 0 Å². The standard InChI is InChI=1S/C14H28N6/c1-4-6-20-14(16-11-17-20)9-12(15)13-10-18(2)7-5-8-19(13)3/h11-13H,4-10,15H2,1-3H3. The molecule has 0 amide bonds. The number of hydrogen-bond donors (Lipinski definition) is 1. The number of likely N-dealkylation sites (N-methyl/N-ethyl adjacent to an activating group) is 2. The van der Waals surface area contributed by atoms with Gasteiger partial charge in [0.2, 0.25) is 0 Å². The Hall–Kier alpha value is -0.980. The van der Waals surface area contributed by atoms with E-state index in [0.717, 1.165) is 44.8 Å². The Labute approximate surface area is 121 Å². The summed E-state index contributed by atoms with van der Waals surface area (Å²) in [5, 5.41) is 4.28. The van der Waals surface area contributed by atoms with Crippen LogP contribution in [0, 0.1) is 0 Å². The van der Waals surface area contributed by atoms with E-state index in [4.69, 9.17) is 5.73 Å². The van der Waals surface area contributed by atoms with Crippen molar-refractivity contribution in [2.75, 3.05) is 33.7 Å². The molecule has 0 bridgehead atoms. The number of aromatic nitrogens is 3. The van der Waals surface area contributed by atoms with Crippen molar-refractivity contribution >= 4 is 0 Å². The van der Waals surface area contributed by atoms with Gasteiger partial charge in [0.15, 0.2) is 0 Å². The average molecular weight is 280 g/mol. The topological polar surface area (TPSA) is 63.2 Å². The highest BCUT2D eigenvalue weighted by Gasteiger charge is 2.27. The minimum Gasteiger partial charge on any atom is -0.326 e. The molecule has 0 saturated carbocycles. The van der Waals surface area contributed by atoms with Gasteiger partial charge in [-0.25, -0.2) is 4.98 Å². The third-order valence-electron chi connectivity index (χ3n) is 4.16. The van der Waals surface area contributed by atoms with Gasteiger partial charge in [0.1, 0.15) is 12.2 Å². The zero-order valence-corrected chi connectivity index (χ0v) is 13.0. The smallest absolute Gasteiger partial charge is 0.138 e. The predicted octanol–water partition coefficient (Wildman–Crippen LogP) is 0.194. The number of hydrogen-bond acceptors (Lipinski definition) is 5. The third-order valence-corrected chi connectivity index (χ3v) is 4.16. The lowest BCUT2D eigenvalue weighted by Gasteiger charge is -2.32. The molecule has 2 atom stereocenters. The van der Waals surface area contributed by atoms with Crippen molar-refractivity contribution < 1.29 is 0 Å². The Morgan fingerprint density at radius 2 is 2.20 bits per heavy atom. The van der Waals surface area contributed by atoms with Gasteiger partial charge in [0.25, 0.3) is 0 Å². The predicted molar refractivity (Wildman–Crippen MR) is 80.5 cm³/mol. The average Bonchev–Trinajstić information content (AvgIpc) is 2.75. The van der Waals surface area contributed by atoms with E-state index in [1.54, 1.807) is 6.33 Å². The SMILES string of the molecule is CCCn1ncnc1CC(N)C1CN(C)CCCN1C. The molecule has 1 fully saturated rings. The van der Waals surface area contributed by atoms with Gasteiger partial charge in [0, 0.05) is 31.6 Å². The summed E-state index contributed by atoms with van der Waals surface area (Å²) >= 11 is 0. The Kier molecular flexibility index (Phi) is 5.51. The molecule has 20 heavy (non-hydrogen) atoms. The van der Waals surface area contributed by atoms with Gasteiger partial charge in [-0.05, 0) is 40.0 Å². The normalized spacial score (nSPS) is 23.7. The maximum Gasteiger partial charge on any atom is 0.138 e. The van der Waals surface area contributed by atoms with E-state index in [1.165, 1.54) is 6.42 Å². The van der Waals surface area contributed by atoms with Gasteiger partial charge in [0.05, 0.1) is 0 Å². The first-order valence-corrected chi connectivity index (χ1v) is 7.62. The lowest BCUT2D eigenvalue weighted by Crippen LogP contribution is -2.51. The van der Waals surface area contributed by atoms with Gasteiger partial charge in [-0.1, -0.05) is 6.92 Å². The summed E-state index contributed by atoms with van der Waals surface area (Å²) in [4.78, 5) is 9.15. The van der Waals surface area contributed by atoms with E-state index in [9.17, 15) is 0 Å². The van der Waals surface area contributed by atoms with Crippen molar-refractivity contribution in [3.05, 3.63) is 12.2 Å². The minimum atomic E-state index is 0.0976. The molecule has 1 saturated heterocycles. The molecule has 6 heteroatoms. The summed E-state index contributed by atoms with van der Waals surface area (Å²) in [6, 6.07) is 0.481. The summed E-state index contributed by atoms with van der Waals surface area (Å²) in [6.07, 6.45) is 4.71. The van der Waals surface area contributed by atoms with E-state index in [-0.39, 0.29) is 6.04 Å². The summed E-state index contributed by atoms with van der Waals surface area (Å²) in [6.45, 7) is 6.37. The van der Waals surface area contributed by atoms with Gasteiger partial charge in [-0.15, -0.1) is 0 Å². The van der Waals surface area contributed by atoms with E-state index in [0.29, 0.717) is 6.04 Å². The van der Waals surface area contributed by atoms with Crippen molar-refractivity contribution in [2.24, 2.45) is 5.73 Å². The van der Waals surface area contributed by atoms with Gasteiger partial charge in [-0.2, -0.15) is 5.10 Å². The second kappa shape index (κ2) is 7.15. The Balaban J connectivity index is 2.02. The second-order valence-corrected chi connectivity index (χ2v) is 5.93. The van der Waals surface area contributed by atoms with Crippen LogP contribution in [0.25, 0.3) is 0 Å². The minimum absolute atomic E-state index is 0.0976. The molecule has 0 aromatic carbocycles. The van der Waals surface area contributed by atoms with Crippen LogP contribution in [0.3, 0.4) is 0 Å². The number of aryl methyl sites for hydroxylation is 1. The largest absolute Gasteiger partial charge is 0.326 e. The zero-order chi connectivity index (χ0) is 14.5. The van der Waals surface area contributed by atoms with Gasteiger partial charge in [-0.3, -0.25) is 4.68 Å². The second-order valence-electron chi connectivity index (χ2n) is 5.93. The molecule has 2 N–H and O–H groups in total. The quantitative estimate of drug-likeness (QED) is 0.834. The van der Waals surface area contributed by atoms with Crippen LogP contribution in [0.5, 0.6) is 0 Å². The summed E-state index contributed by atoms with van der Waals surface area (Å²) in [7, 11) is 4.36. The Morgan fingerprint density at radius 1 is 1.40 bits per heavy atom. The fraction of sp³-hybridized carbons (Fsp3) is 0.857. The maximum atomic E-state index is 6.48. The highest BCUT2D eigenvalue weighted by Crippen LogP contribution is 2.12. The molecule has 0 spiro atoms. The highest BCUT2D eigenvalue weighted by molar-refractivity contribution is 4.95. The first-order chi connectivity index (χ1) is 9.61. The number of nitrogens with zero attached hydrogens (tertiary/aromatic N) is 5. The first kappa shape index (κ1) is 15.4. The zero-order valence-electron chi connectivity index (χ0n) is 13.0. The van der Waals surface area contributed by atoms with Crippen LogP contribution in [0.4, 0.5) is 0 Å². The number of rotatable bonds is 5. The fourth-order valence-corrected chi connectivity index (χ4v) is 2.96. The Morgan fingerprint density at radius 3 is 2.95 bits per heavy atom. The van der Waals surface area contributed by atoms with E-state index in [2.05, 4.69) is 40.9 Å². The highest BCUT2D eigenvalue weighted by atomic mass is 15.3. The van der Waals surface area contributed by atoms with Crippen LogP contribution in [-0.2, 0) is 13.0 Å². The molecular formula is C14H28N6. The third kappa shape index (κ3) is 3.77. The van der Waals surface area contributed by atoms with Crippen molar-refractivity contribution in [1.82, 2.24) is 24.6 Å². The molecule has 1 aromatic rings. The molecule has 0 radical (unpaired) electrons. The first-order valence-electron chi connectivity index (χ1n) is 7.62. The van der Waals surface area contributed by atoms with Crippen molar-refractivity contribution in [2.45, 2.75) is 44.8 Å². The summed E-state index contributed by atoms with van der Waals surface area (Å²) in [5.41, 5.74) is 6.48. The molecule has 0 aliphatic carbocycles. The molecular weight excluding hydrogens is 252 g/mol. The monoisotopic (exact) mass is 280 g/mol. The summed E-state index contributed by atoms with van der Waals surface area (Å²) < 4.78 is 1.99. The Bertz CT molecular complexity index is 404. The molecule has 2 rings (SSSR count).